The molecule has 0 N–H and O–H groups in total. The molecular weight excluding hydrogens is 426 g/mol. The molecule has 4 nitrogen and oxygen atoms in total. The number of aromatic nitrogens is 1. The van der Waals surface area contributed by atoms with Crippen LogP contribution in [0.3, 0.4) is 0 Å². The standard InChI is InChI=1S/C28H33NO3Si/c1-28(2,3)33(23-13-6-4-7-14-23,24-15-8-5-9-16-24)32-19-11-17-25-26(30)21-31-27(25)22-12-10-18-29-20-22/h4-10,12-16,18,20,25,27H,11,17,19,21H2,1-3H3. The number of benzene rings is 2. The van der Waals surface area contributed by atoms with Gasteiger partial charge in [0.05, 0.1) is 12.0 Å². The van der Waals surface area contributed by atoms with Gasteiger partial charge >= 0.3 is 0 Å². The van der Waals surface area contributed by atoms with Crippen molar-refractivity contribution in [2.24, 2.45) is 5.92 Å². The predicted molar refractivity (Wildman–Crippen MR) is 134 cm³/mol. The van der Waals surface area contributed by atoms with Crippen molar-refractivity contribution in [3.05, 3.63) is 90.8 Å². The Morgan fingerprint density at radius 3 is 2.15 bits per heavy atom. The summed E-state index contributed by atoms with van der Waals surface area (Å²) in [7, 11) is -2.55. The van der Waals surface area contributed by atoms with E-state index in [2.05, 4.69) is 86.4 Å². The van der Waals surface area contributed by atoms with E-state index in [1.807, 2.05) is 12.1 Å². The van der Waals surface area contributed by atoms with E-state index in [0.717, 1.165) is 18.4 Å². The number of pyridine rings is 1. The summed E-state index contributed by atoms with van der Waals surface area (Å²) in [4.78, 5) is 16.8. The van der Waals surface area contributed by atoms with E-state index in [0.29, 0.717) is 6.61 Å². The molecule has 2 heterocycles. The molecule has 0 bridgehead atoms. The third kappa shape index (κ3) is 4.86. The molecule has 1 fully saturated rings. The van der Waals surface area contributed by atoms with Crippen molar-refractivity contribution in [1.29, 1.82) is 0 Å². The first-order valence-corrected chi connectivity index (χ1v) is 13.6. The van der Waals surface area contributed by atoms with E-state index in [1.165, 1.54) is 10.4 Å². The molecule has 0 saturated carbocycles. The lowest BCUT2D eigenvalue weighted by molar-refractivity contribution is -0.120. The third-order valence-electron chi connectivity index (χ3n) is 6.59. The van der Waals surface area contributed by atoms with E-state index in [9.17, 15) is 4.79 Å². The molecule has 1 saturated heterocycles. The van der Waals surface area contributed by atoms with Crippen LogP contribution in [-0.4, -0.2) is 32.3 Å². The first kappa shape index (κ1) is 23.6. The van der Waals surface area contributed by atoms with Gasteiger partial charge in [-0.2, -0.15) is 0 Å². The van der Waals surface area contributed by atoms with Crippen molar-refractivity contribution in [2.45, 2.75) is 44.8 Å². The number of ether oxygens (including phenoxy) is 1. The first-order chi connectivity index (χ1) is 15.9. The Morgan fingerprint density at radius 1 is 0.970 bits per heavy atom. The lowest BCUT2D eigenvalue weighted by Crippen LogP contribution is -2.66. The van der Waals surface area contributed by atoms with Crippen LogP contribution in [-0.2, 0) is 14.0 Å². The average Bonchev–Trinajstić information content (AvgIpc) is 3.20. The molecule has 0 amide bonds. The Kier molecular flexibility index (Phi) is 7.22. The summed E-state index contributed by atoms with van der Waals surface area (Å²) in [5, 5.41) is 2.50. The lowest BCUT2D eigenvalue weighted by Gasteiger charge is -2.43. The molecule has 33 heavy (non-hydrogen) atoms. The van der Waals surface area contributed by atoms with Crippen LogP contribution in [0.2, 0.25) is 5.04 Å². The maximum absolute atomic E-state index is 12.6. The fourth-order valence-electron chi connectivity index (χ4n) is 5.04. The zero-order chi connectivity index (χ0) is 23.3. The van der Waals surface area contributed by atoms with Crippen molar-refractivity contribution in [3.8, 4) is 0 Å². The van der Waals surface area contributed by atoms with Gasteiger partial charge in [0.25, 0.3) is 8.32 Å². The number of nitrogens with zero attached hydrogens (tertiary/aromatic N) is 1. The minimum absolute atomic E-state index is 0.0553. The summed E-state index contributed by atoms with van der Waals surface area (Å²) in [5.74, 6) is 0.0336. The van der Waals surface area contributed by atoms with Crippen LogP contribution in [0.1, 0.15) is 45.3 Å². The van der Waals surface area contributed by atoms with Crippen LogP contribution < -0.4 is 10.4 Å². The van der Waals surface area contributed by atoms with Gasteiger partial charge in [-0.05, 0) is 39.9 Å². The van der Waals surface area contributed by atoms with E-state index < -0.39 is 8.32 Å². The normalized spacial score (nSPS) is 19.1. The molecule has 1 aliphatic heterocycles. The third-order valence-corrected chi connectivity index (χ3v) is 11.6. The summed E-state index contributed by atoms with van der Waals surface area (Å²) in [5.41, 5.74) is 0.973. The molecule has 0 aliphatic carbocycles. The maximum Gasteiger partial charge on any atom is 0.261 e. The summed E-state index contributed by atoms with van der Waals surface area (Å²) in [6.45, 7) is 7.64. The number of rotatable bonds is 8. The van der Waals surface area contributed by atoms with Gasteiger partial charge in [-0.3, -0.25) is 9.78 Å². The summed E-state index contributed by atoms with van der Waals surface area (Å²) in [6, 6.07) is 25.2. The van der Waals surface area contributed by atoms with Gasteiger partial charge in [0, 0.05) is 19.0 Å². The van der Waals surface area contributed by atoms with E-state index in [1.54, 1.807) is 12.4 Å². The number of Topliss-reactive ketones (excluding diaryl/α,β-unsaturated/α-hetero) is 1. The van der Waals surface area contributed by atoms with Crippen molar-refractivity contribution in [1.82, 2.24) is 4.98 Å². The van der Waals surface area contributed by atoms with Gasteiger partial charge in [-0.15, -0.1) is 0 Å². The molecule has 5 heteroatoms. The molecule has 2 unspecified atom stereocenters. The van der Waals surface area contributed by atoms with Crippen LogP contribution in [0, 0.1) is 5.92 Å². The molecular formula is C28H33NO3Si. The Balaban J connectivity index is 1.54. The Bertz CT molecular complexity index is 996. The number of carbonyl (C=O) groups excluding carboxylic acids is 1. The van der Waals surface area contributed by atoms with Crippen LogP contribution in [0.25, 0.3) is 0 Å². The molecule has 0 radical (unpaired) electrons. The van der Waals surface area contributed by atoms with Crippen molar-refractivity contribution in [2.75, 3.05) is 13.2 Å². The number of ketones is 1. The molecule has 4 rings (SSSR count). The minimum Gasteiger partial charge on any atom is -0.407 e. The summed E-state index contributed by atoms with van der Waals surface area (Å²) in [6.07, 6.45) is 4.89. The molecule has 0 spiro atoms. The first-order valence-electron chi connectivity index (χ1n) is 11.7. The highest BCUT2D eigenvalue weighted by atomic mass is 28.4. The highest BCUT2D eigenvalue weighted by Crippen LogP contribution is 2.38. The monoisotopic (exact) mass is 459 g/mol. The topological polar surface area (TPSA) is 48.4 Å². The smallest absolute Gasteiger partial charge is 0.261 e. The second-order valence-corrected chi connectivity index (χ2v) is 14.1. The van der Waals surface area contributed by atoms with Crippen LogP contribution in [0.4, 0.5) is 0 Å². The minimum atomic E-state index is -2.55. The molecule has 172 valence electrons. The van der Waals surface area contributed by atoms with Crippen LogP contribution >= 0.6 is 0 Å². The van der Waals surface area contributed by atoms with Crippen LogP contribution in [0.15, 0.2) is 85.2 Å². The molecule has 1 aromatic heterocycles. The summed E-state index contributed by atoms with van der Waals surface area (Å²) >= 11 is 0. The van der Waals surface area contributed by atoms with Crippen molar-refractivity contribution >= 4 is 24.5 Å². The van der Waals surface area contributed by atoms with E-state index >= 15 is 0 Å². The van der Waals surface area contributed by atoms with Crippen molar-refractivity contribution in [3.63, 3.8) is 0 Å². The lowest BCUT2D eigenvalue weighted by atomic mass is 9.91. The zero-order valence-corrected chi connectivity index (χ0v) is 20.7. The summed E-state index contributed by atoms with van der Waals surface area (Å²) < 4.78 is 12.8. The fraction of sp³-hybridized carbons (Fsp3) is 0.357. The molecule has 3 aromatic rings. The van der Waals surface area contributed by atoms with Gasteiger partial charge in [0.1, 0.15) is 6.61 Å². The quantitative estimate of drug-likeness (QED) is 0.362. The Hall–Kier alpha value is -2.60. The number of hydrogen-bond acceptors (Lipinski definition) is 4. The average molecular weight is 460 g/mol. The van der Waals surface area contributed by atoms with Gasteiger partial charge in [0.2, 0.25) is 0 Å². The molecule has 2 aromatic carbocycles. The van der Waals surface area contributed by atoms with Gasteiger partial charge in [-0.1, -0.05) is 87.5 Å². The zero-order valence-electron chi connectivity index (χ0n) is 19.7. The van der Waals surface area contributed by atoms with Crippen LogP contribution in [0.5, 0.6) is 0 Å². The van der Waals surface area contributed by atoms with Gasteiger partial charge in [-0.25, -0.2) is 0 Å². The van der Waals surface area contributed by atoms with Gasteiger partial charge < -0.3 is 9.16 Å². The predicted octanol–water partition coefficient (Wildman–Crippen LogP) is 4.70. The largest absolute Gasteiger partial charge is 0.407 e. The SMILES string of the molecule is CC(C)(C)[Si](OCCCC1C(=O)COC1c1cccnc1)(c1ccccc1)c1ccccc1. The highest BCUT2D eigenvalue weighted by molar-refractivity contribution is 6.99. The maximum atomic E-state index is 12.6. The van der Waals surface area contributed by atoms with E-state index in [-0.39, 0.29) is 29.5 Å². The number of hydrogen-bond donors (Lipinski definition) is 0. The van der Waals surface area contributed by atoms with Crippen molar-refractivity contribution < 1.29 is 14.0 Å². The Morgan fingerprint density at radius 2 is 1.61 bits per heavy atom. The van der Waals surface area contributed by atoms with E-state index in [4.69, 9.17) is 9.16 Å². The fourth-order valence-corrected chi connectivity index (χ4v) is 9.65. The Labute approximate surface area is 198 Å². The van der Waals surface area contributed by atoms with Gasteiger partial charge in [0.15, 0.2) is 5.78 Å². The highest BCUT2D eigenvalue weighted by Gasteiger charge is 2.50. The molecule has 2 atom stereocenters. The number of carbonyl (C=O) groups is 1. The second-order valence-electron chi connectivity index (χ2n) is 9.74. The second kappa shape index (κ2) is 10.1. The molecule has 1 aliphatic rings.